The van der Waals surface area contributed by atoms with E-state index in [2.05, 4.69) is 4.98 Å². The molecule has 0 saturated carbocycles. The third-order valence-corrected chi connectivity index (χ3v) is 3.56. The van der Waals surface area contributed by atoms with Gasteiger partial charge in [0.1, 0.15) is 28.7 Å². The van der Waals surface area contributed by atoms with Gasteiger partial charge in [0, 0.05) is 6.54 Å². The number of amides is 1. The molecule has 0 aliphatic carbocycles. The lowest BCUT2D eigenvalue weighted by molar-refractivity contribution is -0.0141. The van der Waals surface area contributed by atoms with Crippen LogP contribution in [0.25, 0.3) is 0 Å². The number of aromatic carboxylic acids is 1. The summed E-state index contributed by atoms with van der Waals surface area (Å²) in [6.45, 7) is 6.28. The minimum Gasteiger partial charge on any atom is -0.490 e. The van der Waals surface area contributed by atoms with Gasteiger partial charge in [0.2, 0.25) is 0 Å². The topological polar surface area (TPSA) is 89.0 Å². The molecule has 0 spiro atoms. The SMILES string of the molecule is CC(C)(C)OC(=O)N1CCC1COc1cnc(Cl)c(C(=O)O)c1. The van der Waals surface area contributed by atoms with Crippen molar-refractivity contribution in [2.75, 3.05) is 13.2 Å². The summed E-state index contributed by atoms with van der Waals surface area (Å²) in [4.78, 5) is 28.4. The van der Waals surface area contributed by atoms with Crippen molar-refractivity contribution < 1.29 is 24.2 Å². The van der Waals surface area contributed by atoms with E-state index < -0.39 is 11.6 Å². The van der Waals surface area contributed by atoms with Gasteiger partial charge in [0.05, 0.1) is 12.2 Å². The van der Waals surface area contributed by atoms with Crippen molar-refractivity contribution in [2.45, 2.75) is 38.8 Å². The Bertz CT molecular complexity index is 614. The zero-order valence-corrected chi connectivity index (χ0v) is 14.0. The van der Waals surface area contributed by atoms with E-state index in [0.29, 0.717) is 12.3 Å². The summed E-state index contributed by atoms with van der Waals surface area (Å²) >= 11 is 5.70. The molecule has 1 saturated heterocycles. The molecule has 1 aliphatic rings. The largest absolute Gasteiger partial charge is 0.490 e. The zero-order valence-electron chi connectivity index (χ0n) is 13.2. The summed E-state index contributed by atoms with van der Waals surface area (Å²) in [5, 5.41) is 8.90. The Morgan fingerprint density at radius 2 is 2.17 bits per heavy atom. The van der Waals surface area contributed by atoms with Crippen LogP contribution in [0.5, 0.6) is 5.75 Å². The molecule has 1 aromatic heterocycles. The number of carbonyl (C=O) groups excluding carboxylic acids is 1. The summed E-state index contributed by atoms with van der Waals surface area (Å²) < 4.78 is 10.8. The van der Waals surface area contributed by atoms with E-state index >= 15 is 0 Å². The first-order valence-electron chi connectivity index (χ1n) is 7.18. The Morgan fingerprint density at radius 1 is 1.48 bits per heavy atom. The minimum atomic E-state index is -1.17. The lowest BCUT2D eigenvalue weighted by Crippen LogP contribution is -2.55. The van der Waals surface area contributed by atoms with E-state index in [1.165, 1.54) is 12.3 Å². The predicted molar refractivity (Wildman–Crippen MR) is 83.0 cm³/mol. The smallest absolute Gasteiger partial charge is 0.410 e. The third kappa shape index (κ3) is 4.48. The third-order valence-electron chi connectivity index (χ3n) is 3.26. The molecule has 0 aromatic carbocycles. The maximum atomic E-state index is 12.0. The molecular formula is C15H19ClN2O5. The van der Waals surface area contributed by atoms with E-state index in [-0.39, 0.29) is 29.5 Å². The van der Waals surface area contributed by atoms with E-state index in [4.69, 9.17) is 26.2 Å². The molecule has 1 atom stereocenters. The number of rotatable bonds is 4. The average Bonchev–Trinajstić information content (AvgIpc) is 2.36. The second kappa shape index (κ2) is 6.62. The number of nitrogens with zero attached hydrogens (tertiary/aromatic N) is 2. The summed E-state index contributed by atoms with van der Waals surface area (Å²) in [6.07, 6.45) is 1.77. The van der Waals surface area contributed by atoms with Gasteiger partial charge in [-0.25, -0.2) is 14.6 Å². The molecule has 1 N–H and O–H groups in total. The van der Waals surface area contributed by atoms with Crippen LogP contribution in [0.1, 0.15) is 37.6 Å². The van der Waals surface area contributed by atoms with Crippen LogP contribution >= 0.6 is 11.6 Å². The van der Waals surface area contributed by atoms with Gasteiger partial charge in [-0.3, -0.25) is 0 Å². The van der Waals surface area contributed by atoms with Crippen LogP contribution in [0, 0.1) is 0 Å². The number of pyridine rings is 1. The van der Waals surface area contributed by atoms with E-state index in [0.717, 1.165) is 6.42 Å². The second-order valence-electron chi connectivity index (χ2n) is 6.24. The van der Waals surface area contributed by atoms with Crippen LogP contribution < -0.4 is 4.74 Å². The molecule has 2 rings (SSSR count). The fourth-order valence-electron chi connectivity index (χ4n) is 2.03. The van der Waals surface area contributed by atoms with Crippen LogP contribution in [0.4, 0.5) is 4.79 Å². The quantitative estimate of drug-likeness (QED) is 0.846. The van der Waals surface area contributed by atoms with E-state index in [1.807, 2.05) is 20.8 Å². The fourth-order valence-corrected chi connectivity index (χ4v) is 2.21. The predicted octanol–water partition coefficient (Wildman–Crippen LogP) is 2.82. The van der Waals surface area contributed by atoms with E-state index in [9.17, 15) is 9.59 Å². The molecule has 0 bridgehead atoms. The van der Waals surface area contributed by atoms with Gasteiger partial charge in [-0.2, -0.15) is 0 Å². The van der Waals surface area contributed by atoms with Crippen molar-refractivity contribution in [3.05, 3.63) is 23.0 Å². The number of carbonyl (C=O) groups is 2. The number of likely N-dealkylation sites (tertiary alicyclic amines) is 1. The number of carboxylic acid groups (broad SMARTS) is 1. The second-order valence-corrected chi connectivity index (χ2v) is 6.60. The molecular weight excluding hydrogens is 324 g/mol. The van der Waals surface area contributed by atoms with Crippen molar-refractivity contribution in [1.29, 1.82) is 0 Å². The zero-order chi connectivity index (χ0) is 17.2. The van der Waals surface area contributed by atoms with Crippen molar-refractivity contribution in [2.24, 2.45) is 0 Å². The molecule has 1 fully saturated rings. The van der Waals surface area contributed by atoms with Crippen LogP contribution in [0.15, 0.2) is 12.3 Å². The Kier molecular flexibility index (Phi) is 4.99. The van der Waals surface area contributed by atoms with Crippen molar-refractivity contribution in [1.82, 2.24) is 9.88 Å². The summed E-state index contributed by atoms with van der Waals surface area (Å²) in [5.41, 5.74) is -0.670. The summed E-state index contributed by atoms with van der Waals surface area (Å²) in [6, 6.07) is 1.21. The van der Waals surface area contributed by atoms with Gasteiger partial charge in [-0.15, -0.1) is 0 Å². The average molecular weight is 343 g/mol. The summed E-state index contributed by atoms with van der Waals surface area (Å²) in [5.74, 6) is -0.880. The highest BCUT2D eigenvalue weighted by Gasteiger charge is 2.35. The first-order chi connectivity index (χ1) is 10.7. The minimum absolute atomic E-state index is 0.0936. The number of ether oxygens (including phenoxy) is 2. The Balaban J connectivity index is 1.93. The van der Waals surface area contributed by atoms with Gasteiger partial charge in [-0.05, 0) is 33.3 Å². The molecule has 23 heavy (non-hydrogen) atoms. The van der Waals surface area contributed by atoms with Gasteiger partial charge < -0.3 is 19.5 Å². The molecule has 1 amide bonds. The van der Waals surface area contributed by atoms with Gasteiger partial charge in [0.25, 0.3) is 0 Å². The standard InChI is InChI=1S/C15H19ClN2O5/c1-15(2,3)23-14(21)18-5-4-9(18)8-22-10-6-11(13(19)20)12(16)17-7-10/h6-7,9H,4-5,8H2,1-3H3,(H,19,20). The van der Waals surface area contributed by atoms with Gasteiger partial charge in [0.15, 0.2) is 0 Å². The number of hydrogen-bond donors (Lipinski definition) is 1. The van der Waals surface area contributed by atoms with Crippen molar-refractivity contribution >= 4 is 23.7 Å². The normalized spacial score (nSPS) is 17.4. The molecule has 126 valence electrons. The van der Waals surface area contributed by atoms with Gasteiger partial charge >= 0.3 is 12.1 Å². The Hall–Kier alpha value is -2.02. The van der Waals surface area contributed by atoms with Crippen LogP contribution in [-0.2, 0) is 4.74 Å². The highest BCUT2D eigenvalue weighted by Crippen LogP contribution is 2.24. The molecule has 7 nitrogen and oxygen atoms in total. The molecule has 1 aliphatic heterocycles. The van der Waals surface area contributed by atoms with Crippen LogP contribution in [-0.4, -0.2) is 51.8 Å². The molecule has 1 aromatic rings. The number of halogens is 1. The lowest BCUT2D eigenvalue weighted by Gasteiger charge is -2.40. The highest BCUT2D eigenvalue weighted by molar-refractivity contribution is 6.32. The lowest BCUT2D eigenvalue weighted by atomic mass is 10.1. The molecule has 1 unspecified atom stereocenters. The number of carboxylic acids is 1. The monoisotopic (exact) mass is 342 g/mol. The van der Waals surface area contributed by atoms with Gasteiger partial charge in [-0.1, -0.05) is 11.6 Å². The van der Waals surface area contributed by atoms with Crippen LogP contribution in [0.2, 0.25) is 5.15 Å². The summed E-state index contributed by atoms with van der Waals surface area (Å²) in [7, 11) is 0. The maximum absolute atomic E-state index is 12.0. The Morgan fingerprint density at radius 3 is 2.70 bits per heavy atom. The first-order valence-corrected chi connectivity index (χ1v) is 7.56. The highest BCUT2D eigenvalue weighted by atomic mass is 35.5. The van der Waals surface area contributed by atoms with Crippen LogP contribution in [0.3, 0.4) is 0 Å². The first kappa shape index (κ1) is 17.3. The fraction of sp³-hybridized carbons (Fsp3) is 0.533. The maximum Gasteiger partial charge on any atom is 0.410 e. The molecule has 0 radical (unpaired) electrons. The molecule has 2 heterocycles. The van der Waals surface area contributed by atoms with E-state index in [1.54, 1.807) is 4.90 Å². The van der Waals surface area contributed by atoms with Crippen molar-refractivity contribution in [3.63, 3.8) is 0 Å². The molecule has 8 heteroatoms. The number of hydrogen-bond acceptors (Lipinski definition) is 5. The van der Waals surface area contributed by atoms with Crippen molar-refractivity contribution in [3.8, 4) is 5.75 Å². The Labute approximate surface area is 139 Å². The number of aromatic nitrogens is 1.